The van der Waals surface area contributed by atoms with Crippen molar-refractivity contribution in [2.45, 2.75) is 6.92 Å². The van der Waals surface area contributed by atoms with Crippen molar-refractivity contribution in [3.05, 3.63) is 52.7 Å². The number of nitrogens with zero attached hydrogens (tertiary/aromatic N) is 1. The van der Waals surface area contributed by atoms with E-state index in [1.807, 2.05) is 31.2 Å². The molecule has 3 nitrogen and oxygen atoms in total. The molecule has 86 valence electrons. The molecule has 0 amide bonds. The maximum atomic E-state index is 10.8. The fraction of sp³-hybridized carbons (Fsp3) is 0.0769. The fourth-order valence-corrected chi connectivity index (χ4v) is 1.84. The molecule has 1 N–H and O–H groups in total. The number of rotatable bonds is 2. The first kappa shape index (κ1) is 11.6. The van der Waals surface area contributed by atoms with Gasteiger partial charge in [0.15, 0.2) is 0 Å². The quantitative estimate of drug-likeness (QED) is 0.885. The molecule has 0 aliphatic rings. The monoisotopic (exact) mass is 247 g/mol. The van der Waals surface area contributed by atoms with Crippen LogP contribution in [0.3, 0.4) is 0 Å². The van der Waals surface area contributed by atoms with Crippen molar-refractivity contribution in [3.63, 3.8) is 0 Å². The second kappa shape index (κ2) is 4.55. The van der Waals surface area contributed by atoms with Gasteiger partial charge in [0, 0.05) is 11.8 Å². The van der Waals surface area contributed by atoms with E-state index in [0.717, 1.165) is 11.1 Å². The van der Waals surface area contributed by atoms with Crippen LogP contribution in [0.2, 0.25) is 5.02 Å². The highest BCUT2D eigenvalue weighted by atomic mass is 35.5. The van der Waals surface area contributed by atoms with E-state index in [0.29, 0.717) is 10.7 Å². The highest BCUT2D eigenvalue weighted by molar-refractivity contribution is 6.33. The predicted octanol–water partition coefficient (Wildman–Crippen LogP) is 3.41. The van der Waals surface area contributed by atoms with Gasteiger partial charge in [0.2, 0.25) is 0 Å². The van der Waals surface area contributed by atoms with Crippen LogP contribution >= 0.6 is 11.6 Å². The smallest absolute Gasteiger partial charge is 0.337 e. The van der Waals surface area contributed by atoms with Crippen LogP contribution < -0.4 is 0 Å². The van der Waals surface area contributed by atoms with E-state index in [4.69, 9.17) is 16.7 Å². The largest absolute Gasteiger partial charge is 0.478 e. The van der Waals surface area contributed by atoms with Crippen molar-refractivity contribution >= 4 is 17.6 Å². The molecular formula is C13H10ClNO2. The van der Waals surface area contributed by atoms with Gasteiger partial charge >= 0.3 is 5.97 Å². The van der Waals surface area contributed by atoms with Gasteiger partial charge in [0.25, 0.3) is 0 Å². The number of halogens is 1. The number of aryl methyl sites for hydroxylation is 1. The Kier molecular flexibility index (Phi) is 3.11. The van der Waals surface area contributed by atoms with Crippen molar-refractivity contribution in [2.24, 2.45) is 0 Å². The van der Waals surface area contributed by atoms with Crippen LogP contribution in [0.25, 0.3) is 11.3 Å². The van der Waals surface area contributed by atoms with Crippen molar-refractivity contribution in [2.75, 3.05) is 0 Å². The maximum Gasteiger partial charge on any atom is 0.337 e. The predicted molar refractivity (Wildman–Crippen MR) is 66.4 cm³/mol. The van der Waals surface area contributed by atoms with E-state index in [1.54, 1.807) is 0 Å². The molecule has 4 heteroatoms. The minimum absolute atomic E-state index is 0.0893. The molecule has 1 aromatic heterocycles. The van der Waals surface area contributed by atoms with Gasteiger partial charge in [-0.15, -0.1) is 0 Å². The Hall–Kier alpha value is -1.87. The van der Waals surface area contributed by atoms with Crippen LogP contribution in [0.15, 0.2) is 36.5 Å². The average molecular weight is 248 g/mol. The fourth-order valence-electron chi connectivity index (χ4n) is 1.56. The summed E-state index contributed by atoms with van der Waals surface area (Å²) in [6.45, 7) is 1.98. The number of aromatic nitrogens is 1. The number of carboxylic acids is 1. The molecule has 17 heavy (non-hydrogen) atoms. The third kappa shape index (κ3) is 2.45. The minimum Gasteiger partial charge on any atom is -0.478 e. The molecule has 0 saturated heterocycles. The summed E-state index contributed by atoms with van der Waals surface area (Å²) >= 11 is 6.03. The molecule has 0 spiro atoms. The standard InChI is InChI=1S/C13H10ClNO2/c1-8-3-2-4-9(5-8)12-11(14)6-10(7-15-12)13(16)17/h2-7H,1H3,(H,16,17). The lowest BCUT2D eigenvalue weighted by Gasteiger charge is -2.05. The molecule has 0 radical (unpaired) electrons. The highest BCUT2D eigenvalue weighted by Crippen LogP contribution is 2.26. The Balaban J connectivity index is 2.50. The molecular weight excluding hydrogens is 238 g/mol. The van der Waals surface area contributed by atoms with E-state index < -0.39 is 5.97 Å². The van der Waals surface area contributed by atoms with Gasteiger partial charge in [0.05, 0.1) is 16.3 Å². The first-order valence-electron chi connectivity index (χ1n) is 5.04. The Morgan fingerprint density at radius 2 is 2.12 bits per heavy atom. The third-order valence-electron chi connectivity index (χ3n) is 2.38. The number of aromatic carboxylic acids is 1. The van der Waals surface area contributed by atoms with Crippen LogP contribution in [0, 0.1) is 6.92 Å². The van der Waals surface area contributed by atoms with E-state index >= 15 is 0 Å². The van der Waals surface area contributed by atoms with Crippen LogP contribution in [-0.4, -0.2) is 16.1 Å². The summed E-state index contributed by atoms with van der Waals surface area (Å²) in [4.78, 5) is 14.9. The normalized spacial score (nSPS) is 10.2. The second-order valence-corrected chi connectivity index (χ2v) is 4.14. The summed E-state index contributed by atoms with van der Waals surface area (Å²) in [5.74, 6) is -1.03. The lowest BCUT2D eigenvalue weighted by Crippen LogP contribution is -1.98. The van der Waals surface area contributed by atoms with Gasteiger partial charge in [-0.25, -0.2) is 4.79 Å². The number of benzene rings is 1. The topological polar surface area (TPSA) is 50.2 Å². The van der Waals surface area contributed by atoms with Crippen LogP contribution in [0.1, 0.15) is 15.9 Å². The lowest BCUT2D eigenvalue weighted by molar-refractivity contribution is 0.0696. The molecule has 0 fully saturated rings. The number of carbonyl (C=O) groups is 1. The van der Waals surface area contributed by atoms with Crippen LogP contribution in [-0.2, 0) is 0 Å². The highest BCUT2D eigenvalue weighted by Gasteiger charge is 2.09. The van der Waals surface area contributed by atoms with E-state index in [2.05, 4.69) is 4.98 Å². The van der Waals surface area contributed by atoms with Gasteiger partial charge in [0.1, 0.15) is 0 Å². The Morgan fingerprint density at radius 1 is 1.35 bits per heavy atom. The first-order chi connectivity index (χ1) is 8.08. The maximum absolute atomic E-state index is 10.8. The molecule has 1 heterocycles. The Morgan fingerprint density at radius 3 is 2.71 bits per heavy atom. The molecule has 0 atom stereocenters. The molecule has 2 rings (SSSR count). The van der Waals surface area contributed by atoms with Crippen molar-refractivity contribution in [1.29, 1.82) is 0 Å². The van der Waals surface area contributed by atoms with Crippen molar-refractivity contribution < 1.29 is 9.90 Å². The number of carboxylic acid groups (broad SMARTS) is 1. The van der Waals surface area contributed by atoms with Gasteiger partial charge in [-0.05, 0) is 19.1 Å². The van der Waals surface area contributed by atoms with E-state index in [1.165, 1.54) is 12.3 Å². The molecule has 1 aromatic carbocycles. The number of pyridine rings is 1. The Labute approximate surface area is 104 Å². The number of hydrogen-bond donors (Lipinski definition) is 1. The van der Waals surface area contributed by atoms with Gasteiger partial charge in [-0.2, -0.15) is 0 Å². The summed E-state index contributed by atoms with van der Waals surface area (Å²) in [6.07, 6.45) is 1.31. The molecule has 0 bridgehead atoms. The van der Waals surface area contributed by atoms with Gasteiger partial charge in [-0.3, -0.25) is 4.98 Å². The Bertz CT molecular complexity index is 581. The van der Waals surface area contributed by atoms with Crippen molar-refractivity contribution in [1.82, 2.24) is 4.98 Å². The molecule has 0 unspecified atom stereocenters. The number of hydrogen-bond acceptors (Lipinski definition) is 2. The minimum atomic E-state index is -1.03. The van der Waals surface area contributed by atoms with Gasteiger partial charge in [-0.1, -0.05) is 35.4 Å². The summed E-state index contributed by atoms with van der Waals surface area (Å²) in [5, 5.41) is 9.16. The summed E-state index contributed by atoms with van der Waals surface area (Å²) in [7, 11) is 0. The average Bonchev–Trinajstić information content (AvgIpc) is 2.28. The zero-order chi connectivity index (χ0) is 12.4. The van der Waals surface area contributed by atoms with Gasteiger partial charge < -0.3 is 5.11 Å². The summed E-state index contributed by atoms with van der Waals surface area (Å²) in [5.41, 5.74) is 2.67. The van der Waals surface area contributed by atoms with Crippen molar-refractivity contribution in [3.8, 4) is 11.3 Å². The lowest BCUT2D eigenvalue weighted by atomic mass is 10.1. The van der Waals surface area contributed by atoms with Crippen LogP contribution in [0.4, 0.5) is 0 Å². The van der Waals surface area contributed by atoms with E-state index in [9.17, 15) is 4.79 Å². The second-order valence-electron chi connectivity index (χ2n) is 3.73. The molecule has 0 aliphatic heterocycles. The zero-order valence-corrected chi connectivity index (χ0v) is 9.90. The van der Waals surface area contributed by atoms with Crippen LogP contribution in [0.5, 0.6) is 0 Å². The molecule has 0 saturated carbocycles. The first-order valence-corrected chi connectivity index (χ1v) is 5.41. The SMILES string of the molecule is Cc1cccc(-c2ncc(C(=O)O)cc2Cl)c1. The summed E-state index contributed by atoms with van der Waals surface area (Å²) < 4.78 is 0. The summed E-state index contributed by atoms with van der Waals surface area (Å²) in [6, 6.07) is 9.14. The zero-order valence-electron chi connectivity index (χ0n) is 9.14. The third-order valence-corrected chi connectivity index (χ3v) is 2.67. The molecule has 0 aliphatic carbocycles. The molecule has 2 aromatic rings. The van der Waals surface area contributed by atoms with E-state index in [-0.39, 0.29) is 5.56 Å².